The average molecular weight is 389 g/mol. The molecule has 2 amide bonds. The molecule has 24 heavy (non-hydrogen) atoms. The van der Waals surface area contributed by atoms with Crippen LogP contribution in [0.3, 0.4) is 0 Å². The van der Waals surface area contributed by atoms with Gasteiger partial charge in [0.2, 0.25) is 0 Å². The second-order valence-electron chi connectivity index (χ2n) is 5.45. The Balaban J connectivity index is 1.67. The zero-order valence-corrected chi connectivity index (χ0v) is 14.6. The highest BCUT2D eigenvalue weighted by Gasteiger charge is 2.18. The zero-order valence-electron chi connectivity index (χ0n) is 13.0. The summed E-state index contributed by atoms with van der Waals surface area (Å²) in [5.41, 5.74) is 1.80. The summed E-state index contributed by atoms with van der Waals surface area (Å²) in [6.07, 6.45) is 0. The van der Waals surface area contributed by atoms with Gasteiger partial charge in [0.25, 0.3) is 11.8 Å². The molecule has 3 rings (SSSR count). The van der Waals surface area contributed by atoms with E-state index in [1.165, 1.54) is 0 Å². The van der Waals surface area contributed by atoms with Crippen molar-refractivity contribution < 1.29 is 14.3 Å². The van der Waals surface area contributed by atoms with Crippen LogP contribution in [0.1, 0.15) is 20.7 Å². The largest absolute Gasteiger partial charge is 0.378 e. The van der Waals surface area contributed by atoms with Gasteiger partial charge in [-0.15, -0.1) is 0 Å². The number of ether oxygens (including phenoxy) is 1. The van der Waals surface area contributed by atoms with Crippen LogP contribution < -0.4 is 5.32 Å². The van der Waals surface area contributed by atoms with Crippen LogP contribution >= 0.6 is 15.9 Å². The highest BCUT2D eigenvalue weighted by Crippen LogP contribution is 2.17. The molecule has 0 aliphatic carbocycles. The maximum Gasteiger partial charge on any atom is 0.255 e. The number of halogens is 1. The van der Waals surface area contributed by atoms with E-state index in [-0.39, 0.29) is 11.8 Å². The van der Waals surface area contributed by atoms with Crippen LogP contribution in [-0.2, 0) is 4.74 Å². The minimum atomic E-state index is -0.210. The number of carbonyl (C=O) groups excluding carboxylic acids is 2. The quantitative estimate of drug-likeness (QED) is 0.878. The number of anilines is 1. The van der Waals surface area contributed by atoms with E-state index in [4.69, 9.17) is 4.74 Å². The molecule has 1 aliphatic heterocycles. The number of morpholine rings is 1. The molecular weight excluding hydrogens is 372 g/mol. The van der Waals surface area contributed by atoms with E-state index < -0.39 is 0 Å². The molecule has 0 atom stereocenters. The van der Waals surface area contributed by atoms with Crippen molar-refractivity contribution in [2.75, 3.05) is 31.6 Å². The number of carbonyl (C=O) groups is 2. The number of benzene rings is 2. The lowest BCUT2D eigenvalue weighted by Gasteiger charge is -2.26. The van der Waals surface area contributed by atoms with E-state index in [2.05, 4.69) is 21.2 Å². The Morgan fingerprint density at radius 1 is 1.00 bits per heavy atom. The van der Waals surface area contributed by atoms with Crippen molar-refractivity contribution >= 4 is 33.4 Å². The van der Waals surface area contributed by atoms with Gasteiger partial charge in [-0.05, 0) is 42.5 Å². The summed E-state index contributed by atoms with van der Waals surface area (Å²) in [6.45, 7) is 2.34. The van der Waals surface area contributed by atoms with Crippen LogP contribution in [-0.4, -0.2) is 43.0 Å². The van der Waals surface area contributed by atoms with Gasteiger partial charge in [0.15, 0.2) is 0 Å². The second-order valence-corrected chi connectivity index (χ2v) is 6.36. The fraction of sp³-hybridized carbons (Fsp3) is 0.222. The Labute approximate surface area is 148 Å². The molecule has 1 aliphatic rings. The van der Waals surface area contributed by atoms with Crippen LogP contribution in [0.4, 0.5) is 5.69 Å². The third-order valence-electron chi connectivity index (χ3n) is 3.77. The monoisotopic (exact) mass is 388 g/mol. The molecule has 5 nitrogen and oxygen atoms in total. The maximum atomic E-state index is 12.4. The topological polar surface area (TPSA) is 58.6 Å². The van der Waals surface area contributed by atoms with Crippen molar-refractivity contribution in [3.05, 3.63) is 64.1 Å². The van der Waals surface area contributed by atoms with E-state index >= 15 is 0 Å². The van der Waals surface area contributed by atoms with Gasteiger partial charge < -0.3 is 15.0 Å². The molecule has 0 spiro atoms. The number of nitrogens with zero attached hydrogens (tertiary/aromatic N) is 1. The van der Waals surface area contributed by atoms with E-state index in [0.717, 1.165) is 4.47 Å². The number of rotatable bonds is 3. The molecule has 0 aromatic heterocycles. The summed E-state index contributed by atoms with van der Waals surface area (Å²) in [4.78, 5) is 26.4. The van der Waals surface area contributed by atoms with Crippen LogP contribution in [0.15, 0.2) is 53.0 Å². The van der Waals surface area contributed by atoms with Crippen molar-refractivity contribution in [3.63, 3.8) is 0 Å². The smallest absolute Gasteiger partial charge is 0.255 e. The second kappa shape index (κ2) is 7.59. The molecule has 1 fully saturated rings. The van der Waals surface area contributed by atoms with Gasteiger partial charge >= 0.3 is 0 Å². The molecule has 0 radical (unpaired) electrons. The van der Waals surface area contributed by atoms with Crippen molar-refractivity contribution in [1.82, 2.24) is 4.90 Å². The van der Waals surface area contributed by atoms with Gasteiger partial charge in [0.1, 0.15) is 0 Å². The number of nitrogens with one attached hydrogen (secondary N) is 1. The van der Waals surface area contributed by atoms with Crippen molar-refractivity contribution in [2.45, 2.75) is 0 Å². The van der Waals surface area contributed by atoms with E-state index in [0.29, 0.717) is 43.1 Å². The Kier molecular flexibility index (Phi) is 5.27. The third-order valence-corrected chi connectivity index (χ3v) is 4.27. The van der Waals surface area contributed by atoms with Gasteiger partial charge in [-0.25, -0.2) is 0 Å². The molecule has 1 N–H and O–H groups in total. The first-order valence-corrected chi connectivity index (χ1v) is 8.47. The maximum absolute atomic E-state index is 12.4. The molecule has 0 saturated carbocycles. The Morgan fingerprint density at radius 2 is 1.67 bits per heavy atom. The molecule has 2 aromatic rings. The normalized spacial score (nSPS) is 14.3. The first kappa shape index (κ1) is 16.7. The van der Waals surface area contributed by atoms with E-state index in [1.54, 1.807) is 29.2 Å². The number of amides is 2. The molecule has 0 unspecified atom stereocenters. The lowest BCUT2D eigenvalue weighted by Crippen LogP contribution is -2.40. The fourth-order valence-electron chi connectivity index (χ4n) is 2.48. The molecular formula is C18H17BrN2O3. The van der Waals surface area contributed by atoms with Gasteiger partial charge in [-0.2, -0.15) is 0 Å². The SMILES string of the molecule is O=C(Nc1cccc(Br)c1)c1ccc(C(=O)N2CCOCC2)cc1. The summed E-state index contributed by atoms with van der Waals surface area (Å²) >= 11 is 3.37. The van der Waals surface area contributed by atoms with Gasteiger partial charge in [0.05, 0.1) is 13.2 Å². The average Bonchev–Trinajstić information content (AvgIpc) is 2.62. The van der Waals surface area contributed by atoms with Crippen LogP contribution in [0, 0.1) is 0 Å². The molecule has 1 heterocycles. The Hall–Kier alpha value is -2.18. The molecule has 124 valence electrons. The van der Waals surface area contributed by atoms with Gasteiger partial charge in [-0.1, -0.05) is 22.0 Å². The van der Waals surface area contributed by atoms with Crippen molar-refractivity contribution in [1.29, 1.82) is 0 Å². The fourth-order valence-corrected chi connectivity index (χ4v) is 2.88. The first-order valence-electron chi connectivity index (χ1n) is 7.67. The summed E-state index contributed by atoms with van der Waals surface area (Å²) in [6, 6.07) is 14.1. The Morgan fingerprint density at radius 3 is 2.33 bits per heavy atom. The van der Waals surface area contributed by atoms with E-state index in [1.807, 2.05) is 24.3 Å². The number of hydrogen-bond acceptors (Lipinski definition) is 3. The zero-order chi connectivity index (χ0) is 16.9. The van der Waals surface area contributed by atoms with Crippen molar-refractivity contribution in [2.24, 2.45) is 0 Å². The van der Waals surface area contributed by atoms with Crippen LogP contribution in [0.5, 0.6) is 0 Å². The molecule has 1 saturated heterocycles. The number of hydrogen-bond donors (Lipinski definition) is 1. The predicted octanol–water partition coefficient (Wildman–Crippen LogP) is 3.17. The summed E-state index contributed by atoms with van der Waals surface area (Å²) < 4.78 is 6.15. The highest BCUT2D eigenvalue weighted by atomic mass is 79.9. The standard InChI is InChI=1S/C18H17BrN2O3/c19-15-2-1-3-16(12-15)20-17(22)13-4-6-14(7-5-13)18(23)21-8-10-24-11-9-21/h1-7,12H,8-11H2,(H,20,22). The Bertz CT molecular complexity index is 740. The van der Waals surface area contributed by atoms with Crippen LogP contribution in [0.2, 0.25) is 0 Å². The lowest BCUT2D eigenvalue weighted by atomic mass is 10.1. The van der Waals surface area contributed by atoms with E-state index in [9.17, 15) is 9.59 Å². The first-order chi connectivity index (χ1) is 11.6. The van der Waals surface area contributed by atoms with Crippen LogP contribution in [0.25, 0.3) is 0 Å². The molecule has 6 heteroatoms. The summed E-state index contributed by atoms with van der Waals surface area (Å²) in [5.74, 6) is -0.240. The minimum Gasteiger partial charge on any atom is -0.378 e. The predicted molar refractivity (Wildman–Crippen MR) is 95.3 cm³/mol. The third kappa shape index (κ3) is 4.01. The molecule has 2 aromatic carbocycles. The summed E-state index contributed by atoms with van der Waals surface area (Å²) in [7, 11) is 0. The van der Waals surface area contributed by atoms with Crippen molar-refractivity contribution in [3.8, 4) is 0 Å². The molecule has 0 bridgehead atoms. The van der Waals surface area contributed by atoms with Gasteiger partial charge in [0, 0.05) is 34.4 Å². The van der Waals surface area contributed by atoms with Gasteiger partial charge in [-0.3, -0.25) is 9.59 Å². The lowest BCUT2D eigenvalue weighted by molar-refractivity contribution is 0.0303. The highest BCUT2D eigenvalue weighted by molar-refractivity contribution is 9.10. The summed E-state index contributed by atoms with van der Waals surface area (Å²) in [5, 5.41) is 2.83. The minimum absolute atomic E-state index is 0.0303.